The van der Waals surface area contributed by atoms with Gasteiger partial charge in [-0.25, -0.2) is 0 Å². The van der Waals surface area contributed by atoms with Crippen LogP contribution in [0.15, 0.2) is 0 Å². The van der Waals surface area contributed by atoms with Gasteiger partial charge in [0.25, 0.3) is 0 Å². The molecular formula is C16H25N5O. The highest BCUT2D eigenvalue weighted by atomic mass is 16.5. The maximum Gasteiger partial charge on any atom is 0.166 e. The summed E-state index contributed by atoms with van der Waals surface area (Å²) < 4.78 is 5.77. The summed E-state index contributed by atoms with van der Waals surface area (Å²) >= 11 is 0. The molecule has 1 aromatic rings. The number of morpholine rings is 1. The summed E-state index contributed by atoms with van der Waals surface area (Å²) in [5.74, 6) is 0.576. The fraction of sp³-hybridized carbons (Fsp3) is 0.688. The van der Waals surface area contributed by atoms with E-state index in [1.165, 1.54) is 0 Å². The third-order valence-corrected chi connectivity index (χ3v) is 4.20. The molecule has 22 heavy (non-hydrogen) atoms. The maximum atomic E-state index is 9.32. The second-order valence-corrected chi connectivity index (χ2v) is 6.19. The molecular weight excluding hydrogens is 278 g/mol. The van der Waals surface area contributed by atoms with Gasteiger partial charge in [0, 0.05) is 25.7 Å². The number of nitrogens with one attached hydrogen (secondary N) is 1. The highest BCUT2D eigenvalue weighted by Gasteiger charge is 2.25. The smallest absolute Gasteiger partial charge is 0.166 e. The Balaban J connectivity index is 2.01. The number of aryl methyl sites for hydroxylation is 1. The van der Waals surface area contributed by atoms with E-state index in [-0.39, 0.29) is 12.2 Å². The normalized spacial score (nSPS) is 23.8. The molecule has 6 nitrogen and oxygen atoms in total. The molecule has 0 spiro atoms. The number of anilines is 1. The van der Waals surface area contributed by atoms with E-state index < -0.39 is 0 Å². The van der Waals surface area contributed by atoms with Crippen molar-refractivity contribution in [2.45, 2.75) is 52.9 Å². The number of rotatable bonds is 4. The van der Waals surface area contributed by atoms with Gasteiger partial charge >= 0.3 is 0 Å². The first-order valence-electron chi connectivity index (χ1n) is 7.79. The van der Waals surface area contributed by atoms with Crippen LogP contribution < -0.4 is 5.32 Å². The maximum absolute atomic E-state index is 9.32. The molecule has 0 unspecified atom stereocenters. The molecule has 1 fully saturated rings. The number of hydrogen-bond donors (Lipinski definition) is 1. The fourth-order valence-corrected chi connectivity index (χ4v) is 2.82. The Labute approximate surface area is 132 Å². The SMILES string of the molecule is Cc1nnc(NC[C@@H](C)N2C[C@@H](C)O[C@@H](C)C2)c(C#N)c1C. The summed E-state index contributed by atoms with van der Waals surface area (Å²) in [6.45, 7) is 12.7. The monoisotopic (exact) mass is 303 g/mol. The van der Waals surface area contributed by atoms with Crippen molar-refractivity contribution in [3.63, 3.8) is 0 Å². The Kier molecular flexibility index (Phi) is 5.33. The lowest BCUT2D eigenvalue weighted by Crippen LogP contribution is -2.51. The molecule has 0 aliphatic carbocycles. The van der Waals surface area contributed by atoms with Crippen molar-refractivity contribution in [1.29, 1.82) is 5.26 Å². The lowest BCUT2D eigenvalue weighted by molar-refractivity contribution is -0.0769. The van der Waals surface area contributed by atoms with Crippen LogP contribution in [0.3, 0.4) is 0 Å². The van der Waals surface area contributed by atoms with Crippen molar-refractivity contribution in [3.05, 3.63) is 16.8 Å². The van der Waals surface area contributed by atoms with Crippen LogP contribution >= 0.6 is 0 Å². The van der Waals surface area contributed by atoms with Crippen molar-refractivity contribution < 1.29 is 4.74 Å². The second-order valence-electron chi connectivity index (χ2n) is 6.19. The zero-order valence-corrected chi connectivity index (χ0v) is 14.1. The number of hydrogen-bond acceptors (Lipinski definition) is 6. The lowest BCUT2D eigenvalue weighted by Gasteiger charge is -2.39. The quantitative estimate of drug-likeness (QED) is 0.915. The molecule has 2 rings (SSSR count). The second kappa shape index (κ2) is 7.03. The zero-order chi connectivity index (χ0) is 16.3. The summed E-state index contributed by atoms with van der Waals surface area (Å²) in [5.41, 5.74) is 2.27. The van der Waals surface area contributed by atoms with E-state index in [4.69, 9.17) is 4.74 Å². The van der Waals surface area contributed by atoms with E-state index in [1.54, 1.807) is 0 Å². The first-order valence-corrected chi connectivity index (χ1v) is 7.79. The predicted molar refractivity (Wildman–Crippen MR) is 85.8 cm³/mol. The number of ether oxygens (including phenoxy) is 1. The van der Waals surface area contributed by atoms with Crippen LogP contribution in [0.1, 0.15) is 37.6 Å². The highest BCUT2D eigenvalue weighted by molar-refractivity contribution is 5.55. The van der Waals surface area contributed by atoms with Gasteiger partial charge in [0.1, 0.15) is 11.6 Å². The Morgan fingerprint density at radius 2 is 1.95 bits per heavy atom. The Morgan fingerprint density at radius 1 is 1.32 bits per heavy atom. The summed E-state index contributed by atoms with van der Waals surface area (Å²) in [6, 6.07) is 2.56. The molecule has 2 heterocycles. The predicted octanol–water partition coefficient (Wildman–Crippen LogP) is 1.87. The van der Waals surface area contributed by atoms with Crippen molar-refractivity contribution in [2.24, 2.45) is 0 Å². The molecule has 0 radical (unpaired) electrons. The Hall–Kier alpha value is -1.71. The van der Waals surface area contributed by atoms with Gasteiger partial charge in [-0.2, -0.15) is 10.4 Å². The van der Waals surface area contributed by atoms with Crippen molar-refractivity contribution in [2.75, 3.05) is 25.0 Å². The van der Waals surface area contributed by atoms with Gasteiger partial charge in [0.15, 0.2) is 5.82 Å². The zero-order valence-electron chi connectivity index (χ0n) is 14.1. The minimum Gasteiger partial charge on any atom is -0.373 e. The average Bonchev–Trinajstić information content (AvgIpc) is 2.47. The first kappa shape index (κ1) is 16.7. The minimum atomic E-state index is 0.252. The van der Waals surface area contributed by atoms with E-state index >= 15 is 0 Å². The van der Waals surface area contributed by atoms with Crippen LogP contribution in [0.25, 0.3) is 0 Å². The minimum absolute atomic E-state index is 0.252. The van der Waals surface area contributed by atoms with E-state index in [9.17, 15) is 5.26 Å². The van der Waals surface area contributed by atoms with Crippen LogP contribution in [0.2, 0.25) is 0 Å². The molecule has 1 saturated heterocycles. The molecule has 1 N–H and O–H groups in total. The van der Waals surface area contributed by atoms with Crippen molar-refractivity contribution in [1.82, 2.24) is 15.1 Å². The summed E-state index contributed by atoms with van der Waals surface area (Å²) in [6.07, 6.45) is 0.504. The standard InChI is InChI=1S/C16H25N5O/c1-10(21-8-11(2)22-12(3)9-21)7-18-16-15(6-17)13(4)14(5)19-20-16/h10-12H,7-9H2,1-5H3,(H,18,20)/t10-,11-,12+/m1/s1. The molecule has 1 aliphatic heterocycles. The van der Waals surface area contributed by atoms with Gasteiger partial charge in [-0.3, -0.25) is 4.90 Å². The van der Waals surface area contributed by atoms with Crippen LogP contribution in [-0.4, -0.2) is 53.0 Å². The Morgan fingerprint density at radius 3 is 2.55 bits per heavy atom. The van der Waals surface area contributed by atoms with Gasteiger partial charge in [-0.15, -0.1) is 5.10 Å². The van der Waals surface area contributed by atoms with Crippen LogP contribution in [0.5, 0.6) is 0 Å². The molecule has 0 saturated carbocycles. The molecule has 1 aromatic heterocycles. The molecule has 0 aromatic carbocycles. The van der Waals surface area contributed by atoms with Crippen LogP contribution in [-0.2, 0) is 4.74 Å². The van der Waals surface area contributed by atoms with E-state index in [2.05, 4.69) is 47.3 Å². The fourth-order valence-electron chi connectivity index (χ4n) is 2.82. The summed E-state index contributed by atoms with van der Waals surface area (Å²) in [7, 11) is 0. The molecule has 120 valence electrons. The van der Waals surface area contributed by atoms with Gasteiger partial charge in [-0.1, -0.05) is 0 Å². The number of aromatic nitrogens is 2. The van der Waals surface area contributed by atoms with Crippen molar-refractivity contribution >= 4 is 5.82 Å². The first-order chi connectivity index (χ1) is 10.4. The topological polar surface area (TPSA) is 74.1 Å². The van der Waals surface area contributed by atoms with E-state index in [1.807, 2.05) is 13.8 Å². The van der Waals surface area contributed by atoms with Crippen LogP contribution in [0.4, 0.5) is 5.82 Å². The van der Waals surface area contributed by atoms with E-state index in [0.717, 1.165) is 30.9 Å². The van der Waals surface area contributed by atoms with Gasteiger partial charge in [-0.05, 0) is 40.2 Å². The van der Waals surface area contributed by atoms with Gasteiger partial charge in [0.2, 0.25) is 0 Å². The summed E-state index contributed by atoms with van der Waals surface area (Å²) in [5, 5.41) is 20.8. The molecule has 6 heteroatoms. The summed E-state index contributed by atoms with van der Waals surface area (Å²) in [4.78, 5) is 2.41. The Bertz CT molecular complexity index is 558. The largest absolute Gasteiger partial charge is 0.373 e. The molecule has 0 bridgehead atoms. The lowest BCUT2D eigenvalue weighted by atomic mass is 10.1. The average molecular weight is 303 g/mol. The number of nitriles is 1. The molecule has 3 atom stereocenters. The van der Waals surface area contributed by atoms with Gasteiger partial charge < -0.3 is 10.1 Å². The molecule has 1 aliphatic rings. The molecule has 0 amide bonds. The highest BCUT2D eigenvalue weighted by Crippen LogP contribution is 2.18. The third-order valence-electron chi connectivity index (χ3n) is 4.20. The van der Waals surface area contributed by atoms with Crippen LogP contribution in [0, 0.1) is 25.2 Å². The van der Waals surface area contributed by atoms with E-state index in [0.29, 0.717) is 17.4 Å². The third kappa shape index (κ3) is 3.73. The van der Waals surface area contributed by atoms with Gasteiger partial charge in [0.05, 0.1) is 17.9 Å². The van der Waals surface area contributed by atoms with Crippen molar-refractivity contribution in [3.8, 4) is 6.07 Å². The number of nitrogens with zero attached hydrogens (tertiary/aromatic N) is 4.